The van der Waals surface area contributed by atoms with E-state index in [1.54, 1.807) is 0 Å². The summed E-state index contributed by atoms with van der Waals surface area (Å²) in [5.74, 6) is 0. The van der Waals surface area contributed by atoms with Crippen molar-refractivity contribution in [2.45, 2.75) is 27.2 Å². The maximum atomic E-state index is 5.83. The minimum absolute atomic E-state index is 0.903. The Balaban J connectivity index is 4.28. The van der Waals surface area contributed by atoms with Crippen LogP contribution in [0.4, 0.5) is 0 Å². The normalized spacial score (nSPS) is 12.9. The summed E-state index contributed by atoms with van der Waals surface area (Å²) in [5, 5.41) is 0.919. The second-order valence-corrected chi connectivity index (χ2v) is 2.62. The van der Waals surface area contributed by atoms with E-state index in [4.69, 9.17) is 11.6 Å². The summed E-state index contributed by atoms with van der Waals surface area (Å²) in [7, 11) is 0. The molecule has 1 heteroatoms. The lowest BCUT2D eigenvalue weighted by atomic mass is 10.1. The zero-order valence-electron chi connectivity index (χ0n) is 6.29. The molecular weight excluding hydrogens is 132 g/mol. The molecule has 9 heavy (non-hydrogen) atoms. The van der Waals surface area contributed by atoms with E-state index >= 15 is 0 Å². The molecule has 52 valence electrons. The van der Waals surface area contributed by atoms with Gasteiger partial charge in [0.1, 0.15) is 0 Å². The molecule has 0 aromatic carbocycles. The predicted molar refractivity (Wildman–Crippen MR) is 43.7 cm³/mol. The van der Waals surface area contributed by atoms with Gasteiger partial charge < -0.3 is 0 Å². The van der Waals surface area contributed by atoms with Gasteiger partial charge in [-0.1, -0.05) is 30.7 Å². The Morgan fingerprint density at radius 2 is 1.89 bits per heavy atom. The molecule has 0 spiro atoms. The predicted octanol–water partition coefficient (Wildman–Crippen LogP) is 3.49. The van der Waals surface area contributed by atoms with Crippen molar-refractivity contribution in [3.05, 3.63) is 22.8 Å². The van der Waals surface area contributed by atoms with Crippen LogP contribution in [0, 0.1) is 0 Å². The van der Waals surface area contributed by atoms with Gasteiger partial charge in [0, 0.05) is 5.03 Å². The average Bonchev–Trinajstić information content (AvgIpc) is 1.84. The summed E-state index contributed by atoms with van der Waals surface area (Å²) in [6.07, 6.45) is 0.903. The molecule has 0 amide bonds. The molecule has 0 nitrogen and oxygen atoms in total. The molecule has 0 fully saturated rings. The highest BCUT2D eigenvalue weighted by molar-refractivity contribution is 6.30. The minimum atomic E-state index is 0.903. The van der Waals surface area contributed by atoms with Crippen LogP contribution in [0.15, 0.2) is 22.8 Å². The molecule has 0 atom stereocenters. The maximum Gasteiger partial charge on any atom is 0.0209 e. The smallest absolute Gasteiger partial charge is 0.0209 e. The monoisotopic (exact) mass is 144 g/mol. The fourth-order valence-electron chi connectivity index (χ4n) is 0.497. The van der Waals surface area contributed by atoms with Gasteiger partial charge in [-0.25, -0.2) is 0 Å². The lowest BCUT2D eigenvalue weighted by Crippen LogP contribution is -1.80. The second-order valence-electron chi connectivity index (χ2n) is 2.16. The summed E-state index contributed by atoms with van der Waals surface area (Å²) in [5.41, 5.74) is 2.18. The Hall–Kier alpha value is -0.230. The molecule has 0 aliphatic rings. The van der Waals surface area contributed by atoms with E-state index in [0.29, 0.717) is 0 Å². The number of rotatable bonds is 2. The van der Waals surface area contributed by atoms with E-state index in [0.717, 1.165) is 22.6 Å². The molecule has 0 aliphatic carbocycles. The lowest BCUT2D eigenvalue weighted by Gasteiger charge is -2.00. The Morgan fingerprint density at radius 1 is 1.44 bits per heavy atom. The number of allylic oxidation sites excluding steroid dienone is 3. The van der Waals surface area contributed by atoms with Gasteiger partial charge in [-0.2, -0.15) is 0 Å². The van der Waals surface area contributed by atoms with Crippen molar-refractivity contribution in [3.8, 4) is 0 Å². The molecule has 0 N–H and O–H groups in total. The largest absolute Gasteiger partial charge is 0.0958 e. The Kier molecular flexibility index (Phi) is 3.64. The van der Waals surface area contributed by atoms with Gasteiger partial charge in [-0.3, -0.25) is 0 Å². The first-order valence-electron chi connectivity index (χ1n) is 3.10. The van der Waals surface area contributed by atoms with E-state index in [-0.39, 0.29) is 0 Å². The van der Waals surface area contributed by atoms with Gasteiger partial charge in [0.05, 0.1) is 0 Å². The van der Waals surface area contributed by atoms with Crippen molar-refractivity contribution in [1.29, 1.82) is 0 Å². The molecule has 0 unspecified atom stereocenters. The number of halogens is 1. The van der Waals surface area contributed by atoms with Crippen LogP contribution >= 0.6 is 11.6 Å². The maximum absolute atomic E-state index is 5.83. The topological polar surface area (TPSA) is 0 Å². The second kappa shape index (κ2) is 3.73. The third-order valence-corrected chi connectivity index (χ3v) is 1.91. The van der Waals surface area contributed by atoms with Crippen LogP contribution in [0.5, 0.6) is 0 Å². The van der Waals surface area contributed by atoms with Crippen LogP contribution < -0.4 is 0 Å². The van der Waals surface area contributed by atoms with Gasteiger partial charge in [-0.15, -0.1) is 0 Å². The van der Waals surface area contributed by atoms with Crippen molar-refractivity contribution < 1.29 is 0 Å². The van der Waals surface area contributed by atoms with E-state index in [9.17, 15) is 0 Å². The van der Waals surface area contributed by atoms with Crippen molar-refractivity contribution in [2.24, 2.45) is 0 Å². The standard InChI is InChI=1S/C8H13Cl/c1-5-8(9)7(4)6(2)3/h2,5H2,1,3-4H3/b8-7-. The summed E-state index contributed by atoms with van der Waals surface area (Å²) >= 11 is 5.83. The van der Waals surface area contributed by atoms with Gasteiger partial charge in [0.15, 0.2) is 0 Å². The number of hydrogen-bond acceptors (Lipinski definition) is 0. The molecule has 0 radical (unpaired) electrons. The molecule has 0 saturated carbocycles. The quantitative estimate of drug-likeness (QED) is 0.521. The van der Waals surface area contributed by atoms with E-state index in [1.807, 2.05) is 20.8 Å². The first kappa shape index (κ1) is 8.77. The van der Waals surface area contributed by atoms with Crippen LogP contribution in [0.25, 0.3) is 0 Å². The van der Waals surface area contributed by atoms with Crippen LogP contribution in [0.1, 0.15) is 27.2 Å². The molecular formula is C8H13Cl. The van der Waals surface area contributed by atoms with Crippen molar-refractivity contribution in [1.82, 2.24) is 0 Å². The Bertz CT molecular complexity index is 143. The van der Waals surface area contributed by atoms with Gasteiger partial charge in [0.25, 0.3) is 0 Å². The highest BCUT2D eigenvalue weighted by Crippen LogP contribution is 2.17. The minimum Gasteiger partial charge on any atom is -0.0958 e. The van der Waals surface area contributed by atoms with Crippen molar-refractivity contribution in [3.63, 3.8) is 0 Å². The number of hydrogen-bond donors (Lipinski definition) is 0. The molecule has 0 rings (SSSR count). The van der Waals surface area contributed by atoms with Crippen molar-refractivity contribution in [2.75, 3.05) is 0 Å². The highest BCUT2D eigenvalue weighted by Gasteiger charge is 1.95. The van der Waals surface area contributed by atoms with E-state index < -0.39 is 0 Å². The molecule has 0 bridgehead atoms. The first-order valence-corrected chi connectivity index (χ1v) is 3.48. The van der Waals surface area contributed by atoms with E-state index in [2.05, 4.69) is 6.58 Å². The van der Waals surface area contributed by atoms with Gasteiger partial charge >= 0.3 is 0 Å². The third kappa shape index (κ3) is 2.71. The molecule has 0 heterocycles. The van der Waals surface area contributed by atoms with Gasteiger partial charge in [-0.05, 0) is 25.8 Å². The van der Waals surface area contributed by atoms with Crippen LogP contribution in [-0.2, 0) is 0 Å². The highest BCUT2D eigenvalue weighted by atomic mass is 35.5. The zero-order valence-corrected chi connectivity index (χ0v) is 7.05. The SMILES string of the molecule is C=C(C)/C(C)=C(\Cl)CC. The van der Waals surface area contributed by atoms with Crippen LogP contribution in [-0.4, -0.2) is 0 Å². The summed E-state index contributed by atoms with van der Waals surface area (Å²) in [4.78, 5) is 0. The van der Waals surface area contributed by atoms with Crippen LogP contribution in [0.2, 0.25) is 0 Å². The average molecular weight is 145 g/mol. The first-order chi connectivity index (χ1) is 4.09. The van der Waals surface area contributed by atoms with Gasteiger partial charge in [0.2, 0.25) is 0 Å². The summed E-state index contributed by atoms with van der Waals surface area (Å²) in [6, 6.07) is 0. The summed E-state index contributed by atoms with van der Waals surface area (Å²) in [6.45, 7) is 9.78. The molecule has 0 saturated heterocycles. The Labute approximate surface area is 62.2 Å². The van der Waals surface area contributed by atoms with E-state index in [1.165, 1.54) is 0 Å². The zero-order chi connectivity index (χ0) is 7.44. The summed E-state index contributed by atoms with van der Waals surface area (Å²) < 4.78 is 0. The fourth-order valence-corrected chi connectivity index (χ4v) is 0.658. The molecule has 0 aromatic heterocycles. The lowest BCUT2D eigenvalue weighted by molar-refractivity contribution is 1.15. The molecule has 0 aliphatic heterocycles. The molecule has 0 aromatic rings. The fraction of sp³-hybridized carbons (Fsp3) is 0.500. The van der Waals surface area contributed by atoms with Crippen LogP contribution in [0.3, 0.4) is 0 Å². The third-order valence-electron chi connectivity index (χ3n) is 1.36. The van der Waals surface area contributed by atoms with Crippen molar-refractivity contribution >= 4 is 11.6 Å². The Morgan fingerprint density at radius 3 is 2.00 bits per heavy atom.